The van der Waals surface area contributed by atoms with Gasteiger partial charge in [0.1, 0.15) is 17.3 Å². The molecule has 2 fully saturated rings. The summed E-state index contributed by atoms with van der Waals surface area (Å²) in [5, 5.41) is 15.8. The number of hydrogen-bond acceptors (Lipinski definition) is 7. The number of nitrogens with one attached hydrogen (secondary N) is 2. The first-order valence-electron chi connectivity index (χ1n) is 17.6. The van der Waals surface area contributed by atoms with E-state index in [-0.39, 0.29) is 66.9 Å². The van der Waals surface area contributed by atoms with E-state index in [9.17, 15) is 32.7 Å². The Morgan fingerprint density at radius 1 is 1.11 bits per heavy atom. The average molecular weight is 739 g/mol. The number of aliphatic imine (C=N–C) groups is 1. The second-order valence-corrected chi connectivity index (χ2v) is 13.5. The van der Waals surface area contributed by atoms with Crippen molar-refractivity contribution in [2.75, 3.05) is 46.4 Å². The van der Waals surface area contributed by atoms with Crippen molar-refractivity contribution in [1.82, 2.24) is 25.3 Å². The quantitative estimate of drug-likeness (QED) is 0.151. The van der Waals surface area contributed by atoms with Gasteiger partial charge in [0.2, 0.25) is 11.8 Å². The Morgan fingerprint density at radius 2 is 1.79 bits per heavy atom. The number of aromatic hydroxyl groups is 1. The van der Waals surface area contributed by atoms with E-state index in [2.05, 4.69) is 17.2 Å². The fourth-order valence-electron chi connectivity index (χ4n) is 6.22. The maximum absolute atomic E-state index is 14.8. The van der Waals surface area contributed by atoms with E-state index in [0.717, 1.165) is 17.7 Å². The highest BCUT2D eigenvalue weighted by Crippen LogP contribution is 2.36. The lowest BCUT2D eigenvalue weighted by atomic mass is 10.0. The van der Waals surface area contributed by atoms with Crippen LogP contribution in [0.5, 0.6) is 11.5 Å². The van der Waals surface area contributed by atoms with Gasteiger partial charge in [-0.15, -0.1) is 0 Å². The summed E-state index contributed by atoms with van der Waals surface area (Å²) in [6, 6.07) is 7.45. The van der Waals surface area contributed by atoms with E-state index in [0.29, 0.717) is 37.1 Å². The van der Waals surface area contributed by atoms with Crippen LogP contribution in [0.1, 0.15) is 63.3 Å². The number of hydrogen-bond donors (Lipinski definition) is 3. The number of halogens is 3. The molecular weight excluding hydrogens is 689 g/mol. The highest BCUT2D eigenvalue weighted by molar-refractivity contribution is 6.09. The van der Waals surface area contributed by atoms with Crippen LogP contribution in [0, 0.1) is 0 Å². The van der Waals surface area contributed by atoms with Crippen LogP contribution in [0.3, 0.4) is 0 Å². The number of benzene rings is 2. The van der Waals surface area contributed by atoms with E-state index in [1.165, 1.54) is 30.2 Å². The third kappa shape index (κ3) is 11.0. The number of methoxy groups -OCH3 is 1. The molecule has 2 aromatic carbocycles. The zero-order valence-corrected chi connectivity index (χ0v) is 30.9. The number of allylic oxidation sites excluding steroid dienone is 3. The Balaban J connectivity index is 1.74. The second-order valence-electron chi connectivity index (χ2n) is 13.5. The van der Waals surface area contributed by atoms with Gasteiger partial charge in [-0.2, -0.15) is 13.2 Å². The van der Waals surface area contributed by atoms with Crippen LogP contribution in [0.25, 0.3) is 0 Å². The lowest BCUT2D eigenvalue weighted by Crippen LogP contribution is -2.54. The molecule has 2 atom stereocenters. The number of ether oxygens (including phenoxy) is 1. The molecule has 0 aromatic heterocycles. The summed E-state index contributed by atoms with van der Waals surface area (Å²) in [5.74, 6) is -0.345. The Hall–Kier alpha value is -5.11. The summed E-state index contributed by atoms with van der Waals surface area (Å²) in [6.45, 7) is 13.3. The highest BCUT2D eigenvalue weighted by Gasteiger charge is 2.37. The van der Waals surface area contributed by atoms with Crippen LogP contribution in [-0.2, 0) is 15.8 Å². The molecule has 53 heavy (non-hydrogen) atoms. The smallest absolute Gasteiger partial charge is 0.416 e. The van der Waals surface area contributed by atoms with E-state index in [1.54, 1.807) is 41.9 Å². The third-order valence-corrected chi connectivity index (χ3v) is 9.23. The number of carbonyl (C=O) groups excluding carboxylic acids is 3. The molecule has 3 N–H and O–H groups in total. The van der Waals surface area contributed by atoms with Gasteiger partial charge in [0.25, 0.3) is 0 Å². The van der Waals surface area contributed by atoms with E-state index < -0.39 is 29.9 Å². The number of urea groups is 1. The van der Waals surface area contributed by atoms with Crippen molar-refractivity contribution in [2.45, 2.75) is 64.8 Å². The van der Waals surface area contributed by atoms with E-state index in [4.69, 9.17) is 9.73 Å². The first-order valence-corrected chi connectivity index (χ1v) is 17.6. The maximum atomic E-state index is 14.8. The Labute approximate surface area is 308 Å². The number of likely N-dealkylation sites (tertiary alicyclic amines) is 1. The molecule has 0 bridgehead atoms. The minimum Gasteiger partial charge on any atom is -0.508 e. The molecular formula is C39H49F3N6O5. The second kappa shape index (κ2) is 18.1. The van der Waals surface area contributed by atoms with Gasteiger partial charge >= 0.3 is 12.2 Å². The number of phenols is 1. The first kappa shape index (κ1) is 40.7. The van der Waals surface area contributed by atoms with Crippen LogP contribution in [0.15, 0.2) is 83.4 Å². The summed E-state index contributed by atoms with van der Waals surface area (Å²) in [6.07, 6.45) is 1.67. The molecule has 4 rings (SSSR count). The maximum Gasteiger partial charge on any atom is 0.416 e. The molecule has 14 heteroatoms. The number of rotatable bonds is 11. The fourth-order valence-corrected chi connectivity index (χ4v) is 6.22. The van der Waals surface area contributed by atoms with Crippen molar-refractivity contribution in [3.05, 3.63) is 95.1 Å². The molecule has 0 aliphatic carbocycles. The number of nitrogens with zero attached hydrogens (tertiary/aromatic N) is 4. The van der Waals surface area contributed by atoms with Gasteiger partial charge in [-0.05, 0) is 82.0 Å². The fraction of sp³-hybridized carbons (Fsp3) is 0.436. The molecule has 11 nitrogen and oxygen atoms in total. The molecule has 2 heterocycles. The monoisotopic (exact) mass is 738 g/mol. The van der Waals surface area contributed by atoms with Gasteiger partial charge in [-0.1, -0.05) is 42.5 Å². The largest absolute Gasteiger partial charge is 0.508 e. The molecule has 2 saturated heterocycles. The van der Waals surface area contributed by atoms with E-state index >= 15 is 0 Å². The van der Waals surface area contributed by atoms with E-state index in [1.807, 2.05) is 26.0 Å². The van der Waals surface area contributed by atoms with Crippen molar-refractivity contribution < 1.29 is 37.4 Å². The summed E-state index contributed by atoms with van der Waals surface area (Å²) in [5.41, 5.74) is 1.63. The minimum atomic E-state index is -4.64. The summed E-state index contributed by atoms with van der Waals surface area (Å²) in [7, 11) is 1.26. The van der Waals surface area contributed by atoms with Crippen molar-refractivity contribution in [3.63, 3.8) is 0 Å². The summed E-state index contributed by atoms with van der Waals surface area (Å²) in [4.78, 5) is 49.3. The van der Waals surface area contributed by atoms with Crippen LogP contribution in [-0.4, -0.2) is 102 Å². The number of amides is 4. The van der Waals surface area contributed by atoms with Crippen LogP contribution < -0.4 is 15.4 Å². The first-order chi connectivity index (χ1) is 25.1. The van der Waals surface area contributed by atoms with Crippen molar-refractivity contribution in [2.24, 2.45) is 4.99 Å². The van der Waals surface area contributed by atoms with Crippen molar-refractivity contribution in [1.29, 1.82) is 0 Å². The van der Waals surface area contributed by atoms with Gasteiger partial charge < -0.3 is 25.4 Å². The lowest BCUT2D eigenvalue weighted by Gasteiger charge is -2.39. The molecule has 4 amide bonds. The molecule has 2 aliphatic heterocycles. The van der Waals surface area contributed by atoms with Gasteiger partial charge in [0.15, 0.2) is 0 Å². The third-order valence-electron chi connectivity index (χ3n) is 9.23. The Bertz CT molecular complexity index is 1730. The van der Waals surface area contributed by atoms with Crippen molar-refractivity contribution in [3.8, 4) is 11.5 Å². The van der Waals surface area contributed by atoms with Crippen LogP contribution in [0.2, 0.25) is 0 Å². The Morgan fingerprint density at radius 3 is 2.38 bits per heavy atom. The predicted molar refractivity (Wildman–Crippen MR) is 198 cm³/mol. The minimum absolute atomic E-state index is 0.0263. The number of carbonyl (C=O) groups is 3. The van der Waals surface area contributed by atoms with Crippen molar-refractivity contribution >= 4 is 23.7 Å². The number of piperidine rings is 1. The Kier molecular flexibility index (Phi) is 13.9. The highest BCUT2D eigenvalue weighted by atomic mass is 19.4. The standard InChI is InChI=1S/C39H49F3N6O5/c1-7-28(9-8-25(2)3)26(4)44-37(33-15-12-30(39(40,41)42)22-34(33)53-6)48(27(5)29-10-13-32(49)14-11-29)38(52)47-19-16-31(17-20-47)45-36(51)24-46-21-18-43-35(50)23-46/h7-15,22,26-27,31,49H,1,16-21,23-24H2,2-6H3,(H,43,50)(H,45,51)/b28-9+,44-37?. The summed E-state index contributed by atoms with van der Waals surface area (Å²) < 4.78 is 47.1. The topological polar surface area (TPSA) is 127 Å². The normalized spacial score (nSPS) is 17.4. The number of phenolic OH excluding ortho intramolecular Hbond substituents is 1. The molecule has 0 radical (unpaired) electrons. The number of alkyl halides is 3. The lowest BCUT2D eigenvalue weighted by molar-refractivity contribution is -0.137. The van der Waals surface area contributed by atoms with Gasteiger partial charge in [0, 0.05) is 32.2 Å². The van der Waals surface area contributed by atoms with Gasteiger partial charge in [-0.3, -0.25) is 24.4 Å². The summed E-state index contributed by atoms with van der Waals surface area (Å²) >= 11 is 0. The number of amidine groups is 1. The van der Waals surface area contributed by atoms with Crippen LogP contribution >= 0.6 is 0 Å². The predicted octanol–water partition coefficient (Wildman–Crippen LogP) is 5.83. The van der Waals surface area contributed by atoms with Gasteiger partial charge in [-0.25, -0.2) is 4.79 Å². The van der Waals surface area contributed by atoms with Gasteiger partial charge in [0.05, 0.1) is 43.4 Å². The SMILES string of the molecule is C=C/C(=C\C=C(C)C)C(C)N=C(c1ccc(C(F)(F)F)cc1OC)N(C(=O)N1CCC(NC(=O)CN2CCNC(=O)C2)CC1)C(C)c1ccc(O)cc1. The molecule has 0 spiro atoms. The zero-order chi connectivity index (χ0) is 38.9. The van der Waals surface area contributed by atoms with Crippen LogP contribution in [0.4, 0.5) is 18.0 Å². The molecule has 2 unspecified atom stereocenters. The molecule has 2 aliphatic rings. The number of piperazine rings is 1. The average Bonchev–Trinajstić information content (AvgIpc) is 3.11. The molecule has 286 valence electrons. The molecule has 0 saturated carbocycles. The molecule has 2 aromatic rings. The zero-order valence-electron chi connectivity index (χ0n) is 30.9.